The van der Waals surface area contributed by atoms with Crippen LogP contribution in [0.15, 0.2) is 99.5 Å². The van der Waals surface area contributed by atoms with E-state index < -0.39 is 0 Å². The van der Waals surface area contributed by atoms with E-state index in [9.17, 15) is 0 Å². The predicted octanol–water partition coefficient (Wildman–Crippen LogP) is 6.49. The van der Waals surface area contributed by atoms with Crippen molar-refractivity contribution >= 4 is 52.1 Å². The van der Waals surface area contributed by atoms with E-state index in [4.69, 9.17) is 33.0 Å². The third kappa shape index (κ3) is 5.20. The molecule has 2 fully saturated rings. The number of nitrogens with one attached hydrogen (secondary N) is 1. The quantitative estimate of drug-likeness (QED) is 0.274. The topological polar surface area (TPSA) is 53.8 Å². The van der Waals surface area contributed by atoms with Gasteiger partial charge < -0.3 is 24.3 Å². The molecule has 0 amide bonds. The minimum absolute atomic E-state index is 0.160. The maximum atomic E-state index is 6.41. The summed E-state index contributed by atoms with van der Waals surface area (Å²) in [6.07, 6.45) is 1.81. The van der Waals surface area contributed by atoms with E-state index >= 15 is 0 Å². The molecule has 188 valence electrons. The van der Waals surface area contributed by atoms with E-state index in [1.54, 1.807) is 18.0 Å². The van der Waals surface area contributed by atoms with Gasteiger partial charge in [-0.1, -0.05) is 29.4 Å². The predicted molar refractivity (Wildman–Crippen MR) is 152 cm³/mol. The Hall–Kier alpha value is -3.04. The second-order valence-corrected chi connectivity index (χ2v) is 10.7. The van der Waals surface area contributed by atoms with E-state index in [1.165, 1.54) is 5.69 Å². The zero-order valence-electron chi connectivity index (χ0n) is 19.9. The number of pyridine rings is 1. The number of furan rings is 1. The number of thiocarbonyl (C=S) groups is 1. The smallest absolute Gasteiger partial charge is 0.174 e. The molecule has 0 radical (unpaired) electrons. The van der Waals surface area contributed by atoms with Crippen LogP contribution in [0.3, 0.4) is 0 Å². The van der Waals surface area contributed by atoms with Gasteiger partial charge in [-0.05, 0) is 85.0 Å². The Bertz CT molecular complexity index is 1360. The maximum Gasteiger partial charge on any atom is 0.174 e. The van der Waals surface area contributed by atoms with Gasteiger partial charge >= 0.3 is 0 Å². The van der Waals surface area contributed by atoms with E-state index in [0.29, 0.717) is 10.1 Å². The molecule has 0 aliphatic carbocycles. The van der Waals surface area contributed by atoms with Gasteiger partial charge in [0.15, 0.2) is 10.2 Å². The number of ether oxygens (including phenoxy) is 1. The highest BCUT2D eigenvalue weighted by atomic mass is 35.5. The van der Waals surface area contributed by atoms with Gasteiger partial charge in [-0.15, -0.1) is 0 Å². The fraction of sp³-hybridized carbons (Fsp3) is 0.214. The molecule has 0 bridgehead atoms. The van der Waals surface area contributed by atoms with Crippen molar-refractivity contribution in [2.45, 2.75) is 22.1 Å². The van der Waals surface area contributed by atoms with Gasteiger partial charge in [0.2, 0.25) is 0 Å². The molecule has 37 heavy (non-hydrogen) atoms. The van der Waals surface area contributed by atoms with Crippen LogP contribution in [0.2, 0.25) is 5.02 Å². The molecule has 2 atom stereocenters. The van der Waals surface area contributed by atoms with Crippen molar-refractivity contribution in [1.82, 2.24) is 10.3 Å². The Kier molecular flexibility index (Phi) is 7.06. The van der Waals surface area contributed by atoms with Crippen molar-refractivity contribution in [1.29, 1.82) is 0 Å². The molecule has 0 spiro atoms. The van der Waals surface area contributed by atoms with E-state index in [2.05, 4.69) is 44.4 Å². The largest absolute Gasteiger partial charge is 0.452 e. The molecule has 9 heteroatoms. The fourth-order valence-corrected chi connectivity index (χ4v) is 5.98. The van der Waals surface area contributed by atoms with Gasteiger partial charge in [-0.25, -0.2) is 0 Å². The minimum Gasteiger partial charge on any atom is -0.452 e. The zero-order chi connectivity index (χ0) is 25.2. The fourth-order valence-electron chi connectivity index (χ4n) is 4.73. The first-order valence-electron chi connectivity index (χ1n) is 12.1. The van der Waals surface area contributed by atoms with Gasteiger partial charge in [0.25, 0.3) is 0 Å². The third-order valence-electron chi connectivity index (χ3n) is 6.53. The van der Waals surface area contributed by atoms with Gasteiger partial charge in [-0.3, -0.25) is 4.98 Å². The van der Waals surface area contributed by atoms with Gasteiger partial charge in [0.1, 0.15) is 11.8 Å². The molecule has 2 aromatic carbocycles. The van der Waals surface area contributed by atoms with Crippen molar-refractivity contribution in [3.8, 4) is 0 Å². The Morgan fingerprint density at radius 1 is 0.919 bits per heavy atom. The lowest BCUT2D eigenvalue weighted by molar-refractivity contribution is 0.122. The highest BCUT2D eigenvalue weighted by Gasteiger charge is 2.42. The highest BCUT2D eigenvalue weighted by Crippen LogP contribution is 2.43. The van der Waals surface area contributed by atoms with Crippen LogP contribution in [0.1, 0.15) is 23.5 Å². The Morgan fingerprint density at radius 3 is 2.41 bits per heavy atom. The normalized spacial score (nSPS) is 19.8. The van der Waals surface area contributed by atoms with Crippen LogP contribution in [-0.4, -0.2) is 36.4 Å². The summed E-state index contributed by atoms with van der Waals surface area (Å²) in [6, 6.07) is 25.9. The Labute approximate surface area is 230 Å². The van der Waals surface area contributed by atoms with Crippen molar-refractivity contribution in [3.63, 3.8) is 0 Å². The lowest BCUT2D eigenvalue weighted by atomic mass is 10.0. The van der Waals surface area contributed by atoms with E-state index in [1.807, 2.05) is 54.6 Å². The number of aromatic nitrogens is 1. The van der Waals surface area contributed by atoms with Crippen LogP contribution in [-0.2, 0) is 4.74 Å². The monoisotopic (exact) mass is 548 g/mol. The van der Waals surface area contributed by atoms with E-state index in [-0.39, 0.29) is 12.1 Å². The Morgan fingerprint density at radius 2 is 1.68 bits per heavy atom. The number of nitrogens with zero attached hydrogens (tertiary/aromatic N) is 3. The average molecular weight is 549 g/mol. The summed E-state index contributed by atoms with van der Waals surface area (Å²) in [6.45, 7) is 3.30. The van der Waals surface area contributed by atoms with Crippen LogP contribution in [0.25, 0.3) is 0 Å². The molecule has 0 saturated carbocycles. The summed E-state index contributed by atoms with van der Waals surface area (Å²) in [5.41, 5.74) is 3.09. The summed E-state index contributed by atoms with van der Waals surface area (Å²) in [7, 11) is 0. The van der Waals surface area contributed by atoms with Crippen LogP contribution >= 0.6 is 35.6 Å². The lowest BCUT2D eigenvalue weighted by Crippen LogP contribution is -2.36. The van der Waals surface area contributed by atoms with E-state index in [0.717, 1.165) is 53.4 Å². The number of anilines is 2. The van der Waals surface area contributed by atoms with Crippen LogP contribution in [0, 0.1) is 0 Å². The molecule has 6 nitrogen and oxygen atoms in total. The molecule has 1 N–H and O–H groups in total. The van der Waals surface area contributed by atoms with Crippen LogP contribution in [0.4, 0.5) is 11.4 Å². The van der Waals surface area contributed by atoms with Crippen LogP contribution < -0.4 is 15.1 Å². The molecular formula is C28H25ClN4O2S2. The number of hydrogen-bond acceptors (Lipinski definition) is 6. The molecule has 2 saturated heterocycles. The molecule has 4 heterocycles. The SMILES string of the molecule is S=C1N[C@@H](c2ccccn2)[C@H](c2ccc(Sc3ccc(Cl)cc3)o2)N1c1ccc(N2CCOCC2)cc1. The molecule has 2 aliphatic rings. The lowest BCUT2D eigenvalue weighted by Gasteiger charge is -2.30. The number of hydrogen-bond donors (Lipinski definition) is 1. The molecule has 6 rings (SSSR count). The van der Waals surface area contributed by atoms with Crippen molar-refractivity contribution in [3.05, 3.63) is 102 Å². The average Bonchev–Trinajstić information content (AvgIpc) is 3.55. The second-order valence-electron chi connectivity index (χ2n) is 8.83. The number of morpholine rings is 1. The first-order chi connectivity index (χ1) is 18.2. The number of rotatable bonds is 6. The highest BCUT2D eigenvalue weighted by molar-refractivity contribution is 7.99. The van der Waals surface area contributed by atoms with Crippen molar-refractivity contribution in [2.75, 3.05) is 36.1 Å². The second kappa shape index (κ2) is 10.8. The summed E-state index contributed by atoms with van der Waals surface area (Å²) in [5.74, 6) is 0.816. The molecular weight excluding hydrogens is 524 g/mol. The summed E-state index contributed by atoms with van der Waals surface area (Å²) in [4.78, 5) is 10.2. The zero-order valence-corrected chi connectivity index (χ0v) is 22.3. The standard InChI is InChI=1S/C28H25ClN4O2S2/c29-19-4-10-22(11-5-19)37-25-13-12-24(35-25)27-26(23-3-1-2-14-30-23)31-28(36)33(27)21-8-6-20(7-9-21)32-15-17-34-18-16-32/h1-14,26-27H,15-18H2,(H,31,36)/t26-,27-/m0/s1. The summed E-state index contributed by atoms with van der Waals surface area (Å²) < 4.78 is 11.9. The molecule has 0 unspecified atom stereocenters. The number of halogens is 1. The first kappa shape index (κ1) is 24.3. The maximum absolute atomic E-state index is 6.41. The van der Waals surface area contributed by atoms with Gasteiger partial charge in [0.05, 0.1) is 24.9 Å². The van der Waals surface area contributed by atoms with Crippen molar-refractivity contribution in [2.24, 2.45) is 0 Å². The third-order valence-corrected chi connectivity index (χ3v) is 8.02. The molecule has 2 aliphatic heterocycles. The van der Waals surface area contributed by atoms with Crippen molar-refractivity contribution < 1.29 is 9.15 Å². The van der Waals surface area contributed by atoms with Gasteiger partial charge in [0, 0.05) is 40.6 Å². The summed E-state index contributed by atoms with van der Waals surface area (Å²) in [5, 5.41) is 5.65. The van der Waals surface area contributed by atoms with Gasteiger partial charge in [-0.2, -0.15) is 0 Å². The minimum atomic E-state index is -0.198. The number of benzene rings is 2. The first-order valence-corrected chi connectivity index (χ1v) is 13.7. The van der Waals surface area contributed by atoms with Crippen LogP contribution in [0.5, 0.6) is 0 Å². The summed E-state index contributed by atoms with van der Waals surface area (Å²) >= 11 is 13.5. The molecule has 4 aromatic rings. The Balaban J connectivity index is 1.32. The molecule has 2 aromatic heterocycles.